The van der Waals surface area contributed by atoms with Gasteiger partial charge >= 0.3 is 0 Å². The number of nitrogens with one attached hydrogen (secondary N) is 1. The molecule has 0 aromatic heterocycles. The fraction of sp³-hybridized carbons (Fsp3) is 0.667. The van der Waals surface area contributed by atoms with Gasteiger partial charge in [0.25, 0.3) is 0 Å². The van der Waals surface area contributed by atoms with Gasteiger partial charge in [-0.3, -0.25) is 4.79 Å². The summed E-state index contributed by atoms with van der Waals surface area (Å²) in [6.45, 7) is 0.326. The maximum absolute atomic E-state index is 13.4. The van der Waals surface area contributed by atoms with E-state index in [2.05, 4.69) is 17.4 Å². The predicted molar refractivity (Wildman–Crippen MR) is 126 cm³/mol. The molecular weight excluding hydrogens is 419 g/mol. The second-order valence-corrected chi connectivity index (χ2v) is 10.8. The number of rotatable bonds is 7. The summed E-state index contributed by atoms with van der Waals surface area (Å²) in [4.78, 5) is 13.4. The van der Waals surface area contributed by atoms with Crippen LogP contribution in [-0.4, -0.2) is 37.3 Å². The number of carbonyl (C=O) groups excluding carboxylic acids is 1. The van der Waals surface area contributed by atoms with E-state index < -0.39 is 0 Å². The molecule has 4 bridgehead atoms. The second kappa shape index (κ2) is 9.38. The van der Waals surface area contributed by atoms with Gasteiger partial charge in [-0.15, -0.1) is 0 Å². The average Bonchev–Trinajstić information content (AvgIpc) is 3.21. The number of carbonyl (C=O) groups is 1. The molecule has 5 aliphatic rings. The lowest BCUT2D eigenvalue weighted by atomic mass is 9.51. The van der Waals surface area contributed by atoms with Gasteiger partial charge in [0.1, 0.15) is 12.4 Å². The van der Waals surface area contributed by atoms with Crippen LogP contribution in [0.25, 0.3) is 0 Å². The van der Waals surface area contributed by atoms with E-state index in [9.17, 15) is 9.18 Å². The van der Waals surface area contributed by atoms with E-state index in [0.29, 0.717) is 30.0 Å². The van der Waals surface area contributed by atoms with Gasteiger partial charge in [-0.25, -0.2) is 4.39 Å². The topological polar surface area (TPSA) is 73.6 Å². The molecule has 1 amide bonds. The number of ether oxygens (including phenoxy) is 2. The van der Waals surface area contributed by atoms with E-state index in [1.807, 2.05) is 12.1 Å². The molecule has 3 saturated carbocycles. The van der Waals surface area contributed by atoms with Crippen molar-refractivity contribution < 1.29 is 18.7 Å². The lowest BCUT2D eigenvalue weighted by Gasteiger charge is -2.53. The summed E-state index contributed by atoms with van der Waals surface area (Å²) in [5.74, 6) is 1.02. The minimum atomic E-state index is -0.186. The van der Waals surface area contributed by atoms with Crippen molar-refractivity contribution in [1.29, 1.82) is 0 Å². The summed E-state index contributed by atoms with van der Waals surface area (Å²) in [6, 6.07) is 8.52. The first-order chi connectivity index (χ1) is 16.0. The number of fused-ring (bicyclic) bond motifs is 5. The van der Waals surface area contributed by atoms with Crippen molar-refractivity contribution in [2.75, 3.05) is 13.2 Å². The van der Waals surface area contributed by atoms with E-state index in [1.165, 1.54) is 12.0 Å². The Kier molecular flexibility index (Phi) is 6.49. The molecule has 6 heteroatoms. The van der Waals surface area contributed by atoms with Crippen molar-refractivity contribution in [3.63, 3.8) is 0 Å². The summed E-state index contributed by atoms with van der Waals surface area (Å²) in [6.07, 6.45) is 12.8. The molecule has 0 radical (unpaired) electrons. The van der Waals surface area contributed by atoms with Crippen molar-refractivity contribution in [3.8, 4) is 5.75 Å². The Labute approximate surface area is 196 Å². The third-order valence-corrected chi connectivity index (χ3v) is 8.95. The van der Waals surface area contributed by atoms with Crippen LogP contribution in [0.2, 0.25) is 0 Å². The Hall–Kier alpha value is -1.92. The first-order valence-electron chi connectivity index (χ1n) is 12.7. The van der Waals surface area contributed by atoms with Gasteiger partial charge in [-0.2, -0.15) is 0 Å². The summed E-state index contributed by atoms with van der Waals surface area (Å²) < 4.78 is 24.4. The van der Waals surface area contributed by atoms with Gasteiger partial charge in [0.05, 0.1) is 18.5 Å². The molecule has 5 nitrogen and oxygen atoms in total. The molecule has 2 saturated heterocycles. The highest BCUT2D eigenvalue weighted by molar-refractivity contribution is 5.83. The SMILES string of the molecule is NC/C(=C\F)COc1ccc(C23CCC(C(=O)N[C@@H]4CCC5CC[C@H](C4)O5)(CC2)CC3)cc1. The van der Waals surface area contributed by atoms with Gasteiger partial charge in [-0.1, -0.05) is 12.1 Å². The second-order valence-electron chi connectivity index (χ2n) is 10.8. The van der Waals surface area contributed by atoms with Crippen LogP contribution in [0.1, 0.15) is 76.2 Å². The molecule has 0 spiro atoms. The number of hydrogen-bond acceptors (Lipinski definition) is 4. The Morgan fingerprint density at radius 1 is 1.06 bits per heavy atom. The molecule has 2 heterocycles. The summed E-state index contributed by atoms with van der Waals surface area (Å²) >= 11 is 0. The molecular formula is C27H37FN2O3. The smallest absolute Gasteiger partial charge is 0.226 e. The molecule has 3 aliphatic carbocycles. The van der Waals surface area contributed by atoms with Crippen molar-refractivity contribution >= 4 is 5.91 Å². The zero-order valence-electron chi connectivity index (χ0n) is 19.5. The molecule has 180 valence electrons. The van der Waals surface area contributed by atoms with E-state index in [1.54, 1.807) is 0 Å². The van der Waals surface area contributed by atoms with Crippen LogP contribution in [0, 0.1) is 5.41 Å². The third kappa shape index (κ3) is 4.57. The molecule has 6 rings (SSSR count). The lowest BCUT2D eigenvalue weighted by Crippen LogP contribution is -2.53. The standard InChI is InChI=1S/C27H37FN2O3/c28-16-19(17-29)18-32-22-4-1-20(2-5-22)26-9-12-27(13-10-26,14-11-26)25(31)30-21-3-6-23-7-8-24(15-21)33-23/h1-2,4-5,16,21,23-24H,3,6-15,17-18,29H2,(H,30,31)/b19-16+/t21-,23?,24-,26?,27?/m1/s1. The first kappa shape index (κ1) is 22.9. The van der Waals surface area contributed by atoms with Gasteiger partial charge in [-0.05, 0) is 93.7 Å². The highest BCUT2D eigenvalue weighted by atomic mass is 19.1. The Morgan fingerprint density at radius 3 is 2.39 bits per heavy atom. The van der Waals surface area contributed by atoms with E-state index >= 15 is 0 Å². The molecule has 1 aromatic carbocycles. The summed E-state index contributed by atoms with van der Waals surface area (Å²) in [5, 5.41) is 3.45. The predicted octanol–water partition coefficient (Wildman–Crippen LogP) is 4.69. The van der Waals surface area contributed by atoms with Crippen LogP contribution >= 0.6 is 0 Å². The Morgan fingerprint density at radius 2 is 1.73 bits per heavy atom. The van der Waals surface area contributed by atoms with Crippen LogP contribution in [-0.2, 0) is 14.9 Å². The zero-order chi connectivity index (χ0) is 22.9. The van der Waals surface area contributed by atoms with Crippen LogP contribution < -0.4 is 15.8 Å². The normalized spacial score (nSPS) is 35.8. The molecule has 2 aliphatic heterocycles. The largest absolute Gasteiger partial charge is 0.489 e. The highest BCUT2D eigenvalue weighted by Gasteiger charge is 2.53. The molecule has 1 unspecified atom stereocenters. The lowest BCUT2D eigenvalue weighted by molar-refractivity contribution is -0.138. The fourth-order valence-electron chi connectivity index (χ4n) is 6.63. The Bertz CT molecular complexity index is 859. The van der Waals surface area contributed by atoms with Crippen LogP contribution in [0.5, 0.6) is 5.75 Å². The highest BCUT2D eigenvalue weighted by Crippen LogP contribution is 2.58. The van der Waals surface area contributed by atoms with Gasteiger partial charge < -0.3 is 20.5 Å². The van der Waals surface area contributed by atoms with Gasteiger partial charge in [0.15, 0.2) is 0 Å². The van der Waals surface area contributed by atoms with E-state index in [0.717, 1.165) is 70.0 Å². The number of hydrogen-bond donors (Lipinski definition) is 2. The number of halogens is 1. The van der Waals surface area contributed by atoms with E-state index in [-0.39, 0.29) is 30.0 Å². The molecule has 3 N–H and O–H groups in total. The monoisotopic (exact) mass is 456 g/mol. The first-order valence-corrected chi connectivity index (χ1v) is 12.7. The minimum absolute atomic E-state index is 0.155. The van der Waals surface area contributed by atoms with Crippen molar-refractivity contribution in [2.24, 2.45) is 11.1 Å². The van der Waals surface area contributed by atoms with Crippen LogP contribution in [0.15, 0.2) is 36.2 Å². The zero-order valence-corrected chi connectivity index (χ0v) is 19.5. The molecule has 33 heavy (non-hydrogen) atoms. The van der Waals surface area contributed by atoms with Crippen molar-refractivity contribution in [2.45, 2.75) is 94.3 Å². The number of benzene rings is 1. The van der Waals surface area contributed by atoms with Crippen LogP contribution in [0.3, 0.4) is 0 Å². The van der Waals surface area contributed by atoms with Crippen LogP contribution in [0.4, 0.5) is 4.39 Å². The quantitative estimate of drug-likeness (QED) is 0.625. The minimum Gasteiger partial charge on any atom is -0.489 e. The third-order valence-electron chi connectivity index (χ3n) is 8.95. The Balaban J connectivity index is 1.18. The van der Waals surface area contributed by atoms with E-state index in [4.69, 9.17) is 15.2 Å². The maximum Gasteiger partial charge on any atom is 0.226 e. The van der Waals surface area contributed by atoms with Gasteiger partial charge in [0.2, 0.25) is 5.91 Å². The molecule has 1 aromatic rings. The number of nitrogens with two attached hydrogens (primary N) is 1. The fourth-order valence-corrected chi connectivity index (χ4v) is 6.63. The van der Waals surface area contributed by atoms with Gasteiger partial charge in [0, 0.05) is 23.6 Å². The van der Waals surface area contributed by atoms with Crippen molar-refractivity contribution in [1.82, 2.24) is 5.32 Å². The summed E-state index contributed by atoms with van der Waals surface area (Å²) in [5.41, 5.74) is 7.24. The number of amides is 1. The average molecular weight is 457 g/mol. The maximum atomic E-state index is 13.4. The molecule has 3 atom stereocenters. The summed E-state index contributed by atoms with van der Waals surface area (Å²) in [7, 11) is 0. The van der Waals surface area contributed by atoms with Crippen molar-refractivity contribution in [3.05, 3.63) is 41.7 Å². The molecule has 5 fully saturated rings.